The van der Waals surface area contributed by atoms with E-state index in [0.717, 1.165) is 16.7 Å². The van der Waals surface area contributed by atoms with Crippen molar-refractivity contribution in [1.82, 2.24) is 0 Å². The fourth-order valence-corrected chi connectivity index (χ4v) is 3.90. The van der Waals surface area contributed by atoms with Crippen LogP contribution < -0.4 is 0 Å². The van der Waals surface area contributed by atoms with E-state index in [9.17, 15) is 9.90 Å². The van der Waals surface area contributed by atoms with E-state index in [0.29, 0.717) is 6.42 Å². The quantitative estimate of drug-likeness (QED) is 0.302. The predicted molar refractivity (Wildman–Crippen MR) is 140 cm³/mol. The first-order valence-electron chi connectivity index (χ1n) is 10.9. The zero-order chi connectivity index (χ0) is 23.7. The SMILES string of the molecule is CC(C)(C)C#CC#CCC(Cc1cccc(/C=C/c2cccc(-c3ccsc3)c2)c1)C(=O)O. The van der Waals surface area contributed by atoms with E-state index in [1.54, 1.807) is 11.3 Å². The van der Waals surface area contributed by atoms with Crippen LogP contribution in [-0.4, -0.2) is 11.1 Å². The molecule has 0 saturated carbocycles. The second-order valence-corrected chi connectivity index (χ2v) is 9.74. The fourth-order valence-electron chi connectivity index (χ4n) is 3.24. The van der Waals surface area contributed by atoms with E-state index >= 15 is 0 Å². The van der Waals surface area contributed by atoms with Gasteiger partial charge in [0.25, 0.3) is 0 Å². The van der Waals surface area contributed by atoms with E-state index in [4.69, 9.17) is 0 Å². The topological polar surface area (TPSA) is 37.3 Å². The molecule has 1 N–H and O–H groups in total. The molecule has 0 aliphatic rings. The van der Waals surface area contributed by atoms with Crippen molar-refractivity contribution in [3.05, 3.63) is 82.0 Å². The summed E-state index contributed by atoms with van der Waals surface area (Å²) in [5.74, 6) is 10.2. The van der Waals surface area contributed by atoms with E-state index in [2.05, 4.69) is 76.9 Å². The van der Waals surface area contributed by atoms with Crippen LogP contribution in [0.1, 0.15) is 43.9 Å². The third kappa shape index (κ3) is 8.15. The zero-order valence-electron chi connectivity index (χ0n) is 19.3. The Morgan fingerprint density at radius 3 is 2.39 bits per heavy atom. The summed E-state index contributed by atoms with van der Waals surface area (Å²) in [4.78, 5) is 11.7. The second kappa shape index (κ2) is 11.4. The highest BCUT2D eigenvalue weighted by Crippen LogP contribution is 2.24. The van der Waals surface area contributed by atoms with Crippen molar-refractivity contribution < 1.29 is 9.90 Å². The maximum absolute atomic E-state index is 11.7. The minimum absolute atomic E-state index is 0.111. The molecular weight excluding hydrogens is 424 g/mol. The Morgan fingerprint density at radius 2 is 1.73 bits per heavy atom. The molecule has 0 amide bonds. The number of carboxylic acid groups (broad SMARTS) is 1. The number of aliphatic carboxylic acids is 1. The number of carboxylic acids is 1. The Kier molecular flexibility index (Phi) is 8.31. The molecule has 0 radical (unpaired) electrons. The number of benzene rings is 2. The average molecular weight is 453 g/mol. The van der Waals surface area contributed by atoms with Crippen molar-refractivity contribution in [1.29, 1.82) is 0 Å². The lowest BCUT2D eigenvalue weighted by atomic mass is 9.95. The molecule has 0 spiro atoms. The molecule has 1 unspecified atom stereocenters. The van der Waals surface area contributed by atoms with Gasteiger partial charge in [-0.3, -0.25) is 4.79 Å². The number of rotatable bonds is 7. The van der Waals surface area contributed by atoms with Gasteiger partial charge in [0.2, 0.25) is 0 Å². The number of thiophene rings is 1. The summed E-state index contributed by atoms with van der Waals surface area (Å²) in [6, 6.07) is 18.6. The van der Waals surface area contributed by atoms with Gasteiger partial charge in [-0.15, -0.1) is 0 Å². The molecule has 0 aliphatic carbocycles. The maximum atomic E-state index is 11.7. The van der Waals surface area contributed by atoms with Crippen LogP contribution in [0.4, 0.5) is 0 Å². The van der Waals surface area contributed by atoms with Crippen LogP contribution in [0.2, 0.25) is 0 Å². The van der Waals surface area contributed by atoms with Crippen molar-refractivity contribution in [3.8, 4) is 34.8 Å². The molecule has 0 bridgehead atoms. The van der Waals surface area contributed by atoms with Crippen LogP contribution in [0.15, 0.2) is 65.4 Å². The van der Waals surface area contributed by atoms with Crippen molar-refractivity contribution in [2.45, 2.75) is 33.6 Å². The number of carbonyl (C=O) groups is 1. The van der Waals surface area contributed by atoms with Crippen LogP contribution in [0.3, 0.4) is 0 Å². The standard InChI is InChI=1S/C30H28O2S/c1-30(2,3)17-6-4-5-12-27(29(31)32)21-25-11-7-9-23(19-25)14-15-24-10-8-13-26(20-24)28-16-18-33-22-28/h7-11,13-16,18-20,22,27H,12,21H2,1-3H3,(H,31,32)/b15-14+. The van der Waals surface area contributed by atoms with Crippen LogP contribution >= 0.6 is 11.3 Å². The van der Waals surface area contributed by atoms with Gasteiger partial charge in [-0.2, -0.15) is 11.3 Å². The molecule has 33 heavy (non-hydrogen) atoms. The third-order valence-corrected chi connectivity index (χ3v) is 5.61. The smallest absolute Gasteiger partial charge is 0.307 e. The van der Waals surface area contributed by atoms with Crippen LogP contribution in [0.5, 0.6) is 0 Å². The minimum atomic E-state index is -0.834. The number of hydrogen-bond donors (Lipinski definition) is 1. The lowest BCUT2D eigenvalue weighted by Gasteiger charge is -2.09. The first-order chi connectivity index (χ1) is 15.8. The van der Waals surface area contributed by atoms with E-state index in [1.807, 2.05) is 45.0 Å². The Balaban J connectivity index is 1.68. The maximum Gasteiger partial charge on any atom is 0.307 e. The molecule has 2 aromatic carbocycles. The largest absolute Gasteiger partial charge is 0.481 e. The molecule has 1 aromatic heterocycles. The highest BCUT2D eigenvalue weighted by molar-refractivity contribution is 7.08. The molecule has 1 heterocycles. The van der Waals surface area contributed by atoms with Gasteiger partial charge in [-0.25, -0.2) is 0 Å². The van der Waals surface area contributed by atoms with Crippen molar-refractivity contribution >= 4 is 29.5 Å². The van der Waals surface area contributed by atoms with Gasteiger partial charge in [0, 0.05) is 11.8 Å². The van der Waals surface area contributed by atoms with Gasteiger partial charge in [0.05, 0.1) is 5.92 Å². The summed E-state index contributed by atoms with van der Waals surface area (Å²) < 4.78 is 0. The summed E-state index contributed by atoms with van der Waals surface area (Å²) in [5, 5.41) is 13.9. The Morgan fingerprint density at radius 1 is 1.00 bits per heavy atom. The summed E-state index contributed by atoms with van der Waals surface area (Å²) >= 11 is 1.69. The molecule has 0 saturated heterocycles. The molecule has 3 aromatic rings. The summed E-state index contributed by atoms with van der Waals surface area (Å²) in [6.45, 7) is 6.05. The lowest BCUT2D eigenvalue weighted by molar-refractivity contribution is -0.141. The third-order valence-electron chi connectivity index (χ3n) is 4.93. The van der Waals surface area contributed by atoms with Crippen molar-refractivity contribution in [3.63, 3.8) is 0 Å². The molecule has 166 valence electrons. The monoisotopic (exact) mass is 452 g/mol. The molecule has 2 nitrogen and oxygen atoms in total. The van der Waals surface area contributed by atoms with E-state index in [-0.39, 0.29) is 11.8 Å². The predicted octanol–water partition coefficient (Wildman–Crippen LogP) is 7.27. The highest BCUT2D eigenvalue weighted by Gasteiger charge is 2.17. The Hall–Kier alpha value is -3.53. The summed E-state index contributed by atoms with van der Waals surface area (Å²) in [6.07, 6.45) is 4.87. The fraction of sp³-hybridized carbons (Fsp3) is 0.233. The molecule has 1 atom stereocenters. The van der Waals surface area contributed by atoms with Gasteiger partial charge >= 0.3 is 5.97 Å². The number of hydrogen-bond acceptors (Lipinski definition) is 2. The van der Waals surface area contributed by atoms with E-state index < -0.39 is 11.9 Å². The molecule has 0 fully saturated rings. The highest BCUT2D eigenvalue weighted by atomic mass is 32.1. The van der Waals surface area contributed by atoms with Gasteiger partial charge in [0.1, 0.15) is 0 Å². The van der Waals surface area contributed by atoms with Gasteiger partial charge < -0.3 is 5.11 Å². The summed E-state index contributed by atoms with van der Waals surface area (Å²) in [7, 11) is 0. The first-order valence-corrected chi connectivity index (χ1v) is 11.9. The van der Waals surface area contributed by atoms with Crippen LogP contribution in [0.25, 0.3) is 23.3 Å². The average Bonchev–Trinajstić information content (AvgIpc) is 3.31. The Bertz CT molecular complexity index is 1240. The minimum Gasteiger partial charge on any atom is -0.481 e. The lowest BCUT2D eigenvalue weighted by Crippen LogP contribution is -2.15. The molecule has 3 heteroatoms. The van der Waals surface area contributed by atoms with E-state index in [1.165, 1.54) is 11.1 Å². The Labute approximate surface area is 201 Å². The normalized spacial score (nSPS) is 11.8. The van der Waals surface area contributed by atoms with Crippen LogP contribution in [-0.2, 0) is 11.2 Å². The summed E-state index contributed by atoms with van der Waals surface area (Å²) in [5.41, 5.74) is 5.47. The van der Waals surface area contributed by atoms with Crippen LogP contribution in [0, 0.1) is 35.0 Å². The van der Waals surface area contributed by atoms with Gasteiger partial charge in [0.15, 0.2) is 0 Å². The second-order valence-electron chi connectivity index (χ2n) is 8.96. The zero-order valence-corrected chi connectivity index (χ0v) is 20.1. The van der Waals surface area contributed by atoms with Gasteiger partial charge in [-0.05, 0) is 89.7 Å². The first kappa shape index (κ1) is 24.1. The molecular formula is C30H28O2S. The van der Waals surface area contributed by atoms with Crippen molar-refractivity contribution in [2.24, 2.45) is 11.3 Å². The molecule has 3 rings (SSSR count). The van der Waals surface area contributed by atoms with Crippen molar-refractivity contribution in [2.75, 3.05) is 0 Å². The molecule has 0 aliphatic heterocycles. The van der Waals surface area contributed by atoms with Gasteiger partial charge in [-0.1, -0.05) is 66.5 Å².